The molecule has 0 aliphatic carbocycles. The fraction of sp³-hybridized carbons (Fsp3) is 0.400. The van der Waals surface area contributed by atoms with Gasteiger partial charge in [0.05, 0.1) is 10.7 Å². The van der Waals surface area contributed by atoms with E-state index in [0.717, 1.165) is 31.1 Å². The monoisotopic (exact) mass is 273 g/mol. The largest absolute Gasteiger partial charge is 0.384 e. The predicted molar refractivity (Wildman–Crippen MR) is 80.7 cm³/mol. The summed E-state index contributed by atoms with van der Waals surface area (Å²) >= 11 is 1.72. The average molecular weight is 273 g/mol. The number of rotatable bonds is 4. The summed E-state index contributed by atoms with van der Waals surface area (Å²) in [6.07, 6.45) is 1.15. The van der Waals surface area contributed by atoms with E-state index < -0.39 is 0 Å². The quantitative estimate of drug-likeness (QED) is 0.928. The van der Waals surface area contributed by atoms with Crippen LogP contribution in [-0.2, 0) is 19.5 Å². The molecule has 0 radical (unpaired) electrons. The van der Waals surface area contributed by atoms with Crippen LogP contribution in [0.15, 0.2) is 23.6 Å². The summed E-state index contributed by atoms with van der Waals surface area (Å²) in [7, 11) is 2.16. The average Bonchev–Trinajstić information content (AvgIpc) is 2.98. The van der Waals surface area contributed by atoms with Gasteiger partial charge in [0, 0.05) is 30.7 Å². The molecule has 4 heteroatoms. The van der Waals surface area contributed by atoms with Crippen molar-refractivity contribution in [1.82, 2.24) is 9.88 Å². The molecule has 3 rings (SSSR count). The molecule has 0 saturated heterocycles. The Morgan fingerprint density at radius 2 is 2.26 bits per heavy atom. The lowest BCUT2D eigenvalue weighted by molar-refractivity contribution is 0.316. The topological polar surface area (TPSA) is 28.2 Å². The van der Waals surface area contributed by atoms with Crippen molar-refractivity contribution in [3.8, 4) is 0 Å². The molecule has 0 atom stereocenters. The van der Waals surface area contributed by atoms with Crippen molar-refractivity contribution in [3.63, 3.8) is 0 Å². The molecule has 2 aromatic rings. The molecule has 0 fully saturated rings. The number of aromatic nitrogens is 1. The lowest BCUT2D eigenvalue weighted by Gasteiger charge is -2.17. The Bertz CT molecular complexity index is 577. The number of hydrogen-bond donors (Lipinski definition) is 1. The summed E-state index contributed by atoms with van der Waals surface area (Å²) < 4.78 is 0. The van der Waals surface area contributed by atoms with Crippen LogP contribution in [0.1, 0.15) is 21.8 Å². The van der Waals surface area contributed by atoms with Crippen molar-refractivity contribution in [3.05, 3.63) is 45.4 Å². The first-order chi connectivity index (χ1) is 9.22. The highest BCUT2D eigenvalue weighted by Crippen LogP contribution is 2.27. The van der Waals surface area contributed by atoms with Crippen molar-refractivity contribution in [2.24, 2.45) is 0 Å². The molecule has 19 heavy (non-hydrogen) atoms. The molecule has 0 amide bonds. The zero-order valence-electron chi connectivity index (χ0n) is 11.4. The molecule has 1 aliphatic rings. The van der Waals surface area contributed by atoms with Crippen LogP contribution in [0, 0.1) is 6.92 Å². The smallest absolute Gasteiger partial charge is 0.0897 e. The Morgan fingerprint density at radius 1 is 1.37 bits per heavy atom. The highest BCUT2D eigenvalue weighted by Gasteiger charge is 2.14. The van der Waals surface area contributed by atoms with Gasteiger partial charge in [0.1, 0.15) is 0 Å². The van der Waals surface area contributed by atoms with Crippen LogP contribution in [0.3, 0.4) is 0 Å². The van der Waals surface area contributed by atoms with Crippen LogP contribution in [0.4, 0.5) is 5.69 Å². The van der Waals surface area contributed by atoms with E-state index in [1.54, 1.807) is 11.3 Å². The Labute approximate surface area is 118 Å². The van der Waals surface area contributed by atoms with Gasteiger partial charge in [-0.25, -0.2) is 4.98 Å². The normalized spacial score (nSPS) is 13.6. The van der Waals surface area contributed by atoms with Crippen LogP contribution in [0.25, 0.3) is 0 Å². The molecule has 0 bridgehead atoms. The zero-order valence-corrected chi connectivity index (χ0v) is 12.3. The number of hydrogen-bond acceptors (Lipinski definition) is 4. The summed E-state index contributed by atoms with van der Waals surface area (Å²) in [6, 6.07) is 6.62. The molecule has 2 heterocycles. The van der Waals surface area contributed by atoms with Gasteiger partial charge in [0.15, 0.2) is 0 Å². The number of para-hydroxylation sites is 1. The third-order valence-electron chi connectivity index (χ3n) is 3.47. The second kappa shape index (κ2) is 5.31. The van der Waals surface area contributed by atoms with Crippen molar-refractivity contribution in [2.75, 3.05) is 18.9 Å². The Morgan fingerprint density at radius 3 is 3.05 bits per heavy atom. The van der Waals surface area contributed by atoms with E-state index in [2.05, 4.69) is 52.8 Å². The van der Waals surface area contributed by atoms with Crippen LogP contribution < -0.4 is 5.32 Å². The van der Waals surface area contributed by atoms with E-state index >= 15 is 0 Å². The molecule has 0 saturated carbocycles. The SMILES string of the molecule is Cc1nc(CN(C)Cc2cccc3c2NCC3)cs1. The van der Waals surface area contributed by atoms with Crippen LogP contribution in [0.2, 0.25) is 0 Å². The van der Waals surface area contributed by atoms with E-state index in [1.165, 1.54) is 22.5 Å². The molecule has 1 aromatic heterocycles. The number of nitrogens with one attached hydrogen (secondary N) is 1. The van der Waals surface area contributed by atoms with Gasteiger partial charge in [0.25, 0.3) is 0 Å². The summed E-state index contributed by atoms with van der Waals surface area (Å²) in [4.78, 5) is 6.85. The lowest BCUT2D eigenvalue weighted by Crippen LogP contribution is -2.18. The minimum absolute atomic E-state index is 0.911. The highest BCUT2D eigenvalue weighted by atomic mass is 32.1. The van der Waals surface area contributed by atoms with E-state index in [4.69, 9.17) is 0 Å². The fourth-order valence-corrected chi connectivity index (χ4v) is 3.25. The van der Waals surface area contributed by atoms with E-state index in [9.17, 15) is 0 Å². The van der Waals surface area contributed by atoms with Gasteiger partial charge in [-0.1, -0.05) is 18.2 Å². The van der Waals surface area contributed by atoms with Crippen molar-refractivity contribution in [1.29, 1.82) is 0 Å². The highest BCUT2D eigenvalue weighted by molar-refractivity contribution is 7.09. The standard InChI is InChI=1S/C15H19N3S/c1-11-17-14(10-19-11)9-18(2)8-13-5-3-4-12-6-7-16-15(12)13/h3-5,10,16H,6-9H2,1-2H3. The molecule has 1 N–H and O–H groups in total. The first-order valence-electron chi connectivity index (χ1n) is 6.66. The summed E-state index contributed by atoms with van der Waals surface area (Å²) in [5.41, 5.74) is 5.37. The number of aryl methyl sites for hydroxylation is 1. The van der Waals surface area contributed by atoms with Crippen LogP contribution in [0.5, 0.6) is 0 Å². The number of benzene rings is 1. The maximum absolute atomic E-state index is 4.53. The number of nitrogens with zero attached hydrogens (tertiary/aromatic N) is 2. The number of thiazole rings is 1. The molecule has 1 aliphatic heterocycles. The van der Waals surface area contributed by atoms with Crippen molar-refractivity contribution >= 4 is 17.0 Å². The van der Waals surface area contributed by atoms with Crippen LogP contribution in [-0.4, -0.2) is 23.5 Å². The van der Waals surface area contributed by atoms with E-state index in [0.29, 0.717) is 0 Å². The Kier molecular flexibility index (Phi) is 3.53. The van der Waals surface area contributed by atoms with Crippen molar-refractivity contribution < 1.29 is 0 Å². The van der Waals surface area contributed by atoms with E-state index in [1.807, 2.05) is 0 Å². The van der Waals surface area contributed by atoms with Gasteiger partial charge in [-0.15, -0.1) is 11.3 Å². The summed E-state index contributed by atoms with van der Waals surface area (Å²) in [5, 5.41) is 6.80. The Balaban J connectivity index is 1.70. The molecule has 100 valence electrons. The minimum atomic E-state index is 0.911. The molecule has 0 unspecified atom stereocenters. The van der Waals surface area contributed by atoms with Crippen LogP contribution >= 0.6 is 11.3 Å². The molecular weight excluding hydrogens is 254 g/mol. The van der Waals surface area contributed by atoms with Crippen molar-refractivity contribution in [2.45, 2.75) is 26.4 Å². The lowest BCUT2D eigenvalue weighted by atomic mass is 10.1. The van der Waals surface area contributed by atoms with Gasteiger partial charge in [-0.3, -0.25) is 4.90 Å². The number of fused-ring (bicyclic) bond motifs is 1. The van der Waals surface area contributed by atoms with E-state index in [-0.39, 0.29) is 0 Å². The maximum atomic E-state index is 4.53. The third-order valence-corrected chi connectivity index (χ3v) is 4.29. The molecule has 1 aromatic carbocycles. The zero-order chi connectivity index (χ0) is 13.2. The fourth-order valence-electron chi connectivity index (χ4n) is 2.65. The molecule has 3 nitrogen and oxygen atoms in total. The summed E-state index contributed by atoms with van der Waals surface area (Å²) in [6.45, 7) is 5.00. The maximum Gasteiger partial charge on any atom is 0.0897 e. The third kappa shape index (κ3) is 2.80. The Hall–Kier alpha value is -1.39. The van der Waals surface area contributed by atoms with Gasteiger partial charge in [-0.2, -0.15) is 0 Å². The van der Waals surface area contributed by atoms with Gasteiger partial charge >= 0.3 is 0 Å². The number of anilines is 1. The second-order valence-corrected chi connectivity index (χ2v) is 6.22. The van der Waals surface area contributed by atoms with Gasteiger partial charge in [0.2, 0.25) is 0 Å². The molecule has 0 spiro atoms. The predicted octanol–water partition coefficient (Wildman–Crippen LogP) is 3.05. The first kappa shape index (κ1) is 12.6. The van der Waals surface area contributed by atoms with Gasteiger partial charge < -0.3 is 5.32 Å². The first-order valence-corrected chi connectivity index (χ1v) is 7.54. The molecular formula is C15H19N3S. The van der Waals surface area contributed by atoms with Gasteiger partial charge in [-0.05, 0) is 31.5 Å². The second-order valence-electron chi connectivity index (χ2n) is 5.16. The summed E-state index contributed by atoms with van der Waals surface area (Å²) in [5.74, 6) is 0. The minimum Gasteiger partial charge on any atom is -0.384 e.